The van der Waals surface area contributed by atoms with Crippen LogP contribution in [0.2, 0.25) is 0 Å². The Labute approximate surface area is 102 Å². The third-order valence-electron chi connectivity index (χ3n) is 3.08. The van der Waals surface area contributed by atoms with Crippen molar-refractivity contribution in [1.29, 1.82) is 0 Å². The normalized spacial score (nSPS) is 17.2. The van der Waals surface area contributed by atoms with Gasteiger partial charge in [-0.15, -0.1) is 0 Å². The van der Waals surface area contributed by atoms with Gasteiger partial charge in [-0.05, 0) is 18.6 Å². The molecule has 1 aromatic carbocycles. The fourth-order valence-corrected chi connectivity index (χ4v) is 2.01. The predicted octanol–water partition coefficient (Wildman–Crippen LogP) is 1.16. The smallest absolute Gasteiger partial charge is 0.255 e. The Morgan fingerprint density at radius 2 is 2.24 bits per heavy atom. The zero-order valence-corrected chi connectivity index (χ0v) is 10.3. The van der Waals surface area contributed by atoms with E-state index in [1.807, 2.05) is 29.2 Å². The van der Waals surface area contributed by atoms with E-state index < -0.39 is 6.10 Å². The lowest BCUT2D eigenvalue weighted by molar-refractivity contribution is -0.127. The van der Waals surface area contributed by atoms with Crippen molar-refractivity contribution in [3.63, 3.8) is 0 Å². The molecule has 1 unspecified atom stereocenters. The number of nitrogens with one attached hydrogen (secondary N) is 1. The maximum atomic E-state index is 12.2. The first kappa shape index (κ1) is 12.1. The van der Waals surface area contributed by atoms with Gasteiger partial charge in [0.1, 0.15) is 6.10 Å². The van der Waals surface area contributed by atoms with Crippen LogP contribution in [0.15, 0.2) is 24.3 Å². The highest BCUT2D eigenvalue weighted by atomic mass is 16.5. The maximum Gasteiger partial charge on any atom is 0.255 e. The van der Waals surface area contributed by atoms with Crippen molar-refractivity contribution in [2.45, 2.75) is 19.6 Å². The van der Waals surface area contributed by atoms with E-state index in [-0.39, 0.29) is 5.91 Å². The third kappa shape index (κ3) is 2.48. The molecule has 92 valence electrons. The summed E-state index contributed by atoms with van der Waals surface area (Å²) in [7, 11) is 1.56. The van der Waals surface area contributed by atoms with E-state index in [1.165, 1.54) is 0 Å². The Morgan fingerprint density at radius 3 is 3.00 bits per heavy atom. The van der Waals surface area contributed by atoms with Crippen LogP contribution in [0.5, 0.6) is 0 Å². The van der Waals surface area contributed by atoms with Crippen molar-refractivity contribution in [1.82, 2.24) is 5.32 Å². The van der Waals surface area contributed by atoms with Crippen LogP contribution >= 0.6 is 0 Å². The fraction of sp³-hybridized carbons (Fsp3) is 0.462. The Bertz CT molecular complexity index is 406. The number of ether oxygens (including phenoxy) is 1. The van der Waals surface area contributed by atoms with Crippen molar-refractivity contribution in [2.24, 2.45) is 0 Å². The predicted molar refractivity (Wildman–Crippen MR) is 67.0 cm³/mol. The van der Waals surface area contributed by atoms with Gasteiger partial charge in [0.2, 0.25) is 0 Å². The molecule has 0 bridgehead atoms. The minimum absolute atomic E-state index is 0.0173. The number of hydrogen-bond donors (Lipinski definition) is 1. The second-order valence-corrected chi connectivity index (χ2v) is 4.17. The minimum Gasteiger partial charge on any atom is -0.372 e. The lowest BCUT2D eigenvalue weighted by Gasteiger charge is -2.25. The van der Waals surface area contributed by atoms with Crippen LogP contribution in [0, 0.1) is 0 Å². The highest BCUT2D eigenvalue weighted by Gasteiger charge is 2.24. The quantitative estimate of drug-likeness (QED) is 0.835. The van der Waals surface area contributed by atoms with Gasteiger partial charge < -0.3 is 15.0 Å². The first-order chi connectivity index (χ1) is 8.24. The van der Waals surface area contributed by atoms with E-state index in [2.05, 4.69) is 5.32 Å². The van der Waals surface area contributed by atoms with Gasteiger partial charge in [0.25, 0.3) is 5.91 Å². The molecule has 0 radical (unpaired) electrons. The van der Waals surface area contributed by atoms with Gasteiger partial charge >= 0.3 is 0 Å². The number of carbonyl (C=O) groups excluding carboxylic acids is 1. The number of anilines is 1. The molecular weight excluding hydrogens is 216 g/mol. The topological polar surface area (TPSA) is 41.6 Å². The molecule has 0 fully saturated rings. The van der Waals surface area contributed by atoms with Gasteiger partial charge in [-0.3, -0.25) is 4.79 Å². The number of nitrogens with zero attached hydrogens (tertiary/aromatic N) is 1. The highest BCUT2D eigenvalue weighted by molar-refractivity contribution is 5.97. The Kier molecular flexibility index (Phi) is 3.76. The molecule has 1 amide bonds. The third-order valence-corrected chi connectivity index (χ3v) is 3.08. The summed E-state index contributed by atoms with van der Waals surface area (Å²) in [6, 6.07) is 7.99. The molecule has 1 atom stereocenters. The van der Waals surface area contributed by atoms with Gasteiger partial charge in [0, 0.05) is 32.4 Å². The number of hydrogen-bond acceptors (Lipinski definition) is 3. The molecule has 1 aliphatic heterocycles. The molecule has 4 nitrogen and oxygen atoms in total. The Balaban J connectivity index is 2.31. The first-order valence-electron chi connectivity index (χ1n) is 5.87. The van der Waals surface area contributed by atoms with Crippen molar-refractivity contribution in [3.8, 4) is 0 Å². The van der Waals surface area contributed by atoms with Crippen LogP contribution in [0.4, 0.5) is 5.69 Å². The van der Waals surface area contributed by atoms with Crippen LogP contribution in [0.25, 0.3) is 0 Å². The lowest BCUT2D eigenvalue weighted by atomic mass is 10.1. The molecule has 1 aromatic rings. The number of benzene rings is 1. The van der Waals surface area contributed by atoms with Crippen LogP contribution in [0.1, 0.15) is 12.5 Å². The van der Waals surface area contributed by atoms with Gasteiger partial charge in [0.15, 0.2) is 0 Å². The second kappa shape index (κ2) is 5.29. The number of amides is 1. The van der Waals surface area contributed by atoms with E-state index in [1.54, 1.807) is 14.0 Å². The highest BCUT2D eigenvalue weighted by Crippen LogP contribution is 2.22. The fourth-order valence-electron chi connectivity index (χ4n) is 2.01. The molecule has 1 heterocycles. The number of rotatable bonds is 2. The van der Waals surface area contributed by atoms with Gasteiger partial charge in [0.05, 0.1) is 0 Å². The molecule has 1 aliphatic rings. The molecule has 0 saturated carbocycles. The summed E-state index contributed by atoms with van der Waals surface area (Å²) in [6.45, 7) is 4.07. The average Bonchev–Trinajstić information content (AvgIpc) is 2.59. The zero-order chi connectivity index (χ0) is 12.3. The molecule has 2 rings (SSSR count). The molecule has 4 heteroatoms. The SMILES string of the molecule is COC(C)C(=O)N1CCNCc2ccccc21. The van der Waals surface area contributed by atoms with E-state index in [0.717, 1.165) is 24.3 Å². The van der Waals surface area contributed by atoms with Crippen molar-refractivity contribution < 1.29 is 9.53 Å². The summed E-state index contributed by atoms with van der Waals surface area (Å²) in [5.74, 6) is 0.0173. The summed E-state index contributed by atoms with van der Waals surface area (Å²) in [4.78, 5) is 14.0. The van der Waals surface area contributed by atoms with Gasteiger partial charge in [-0.1, -0.05) is 18.2 Å². The van der Waals surface area contributed by atoms with Gasteiger partial charge in [-0.2, -0.15) is 0 Å². The number of methoxy groups -OCH3 is 1. The first-order valence-corrected chi connectivity index (χ1v) is 5.87. The second-order valence-electron chi connectivity index (χ2n) is 4.17. The molecule has 0 saturated heterocycles. The maximum absolute atomic E-state index is 12.2. The van der Waals surface area contributed by atoms with Crippen LogP contribution in [-0.4, -0.2) is 32.2 Å². The minimum atomic E-state index is -0.402. The number of carbonyl (C=O) groups is 1. The summed E-state index contributed by atoms with van der Waals surface area (Å²) in [5.41, 5.74) is 2.15. The summed E-state index contributed by atoms with van der Waals surface area (Å²) < 4.78 is 5.11. The summed E-state index contributed by atoms with van der Waals surface area (Å²) in [5, 5.41) is 3.31. The molecule has 0 aliphatic carbocycles. The van der Waals surface area contributed by atoms with Gasteiger partial charge in [-0.25, -0.2) is 0 Å². The van der Waals surface area contributed by atoms with Crippen molar-refractivity contribution in [2.75, 3.05) is 25.1 Å². The number of para-hydroxylation sites is 1. The van der Waals surface area contributed by atoms with Crippen LogP contribution in [0.3, 0.4) is 0 Å². The summed E-state index contributed by atoms with van der Waals surface area (Å²) >= 11 is 0. The Hall–Kier alpha value is -1.39. The van der Waals surface area contributed by atoms with E-state index in [9.17, 15) is 4.79 Å². The van der Waals surface area contributed by atoms with E-state index in [4.69, 9.17) is 4.74 Å². The van der Waals surface area contributed by atoms with E-state index >= 15 is 0 Å². The summed E-state index contributed by atoms with van der Waals surface area (Å²) in [6.07, 6.45) is -0.402. The standard InChI is InChI=1S/C13H18N2O2/c1-10(17-2)13(16)15-8-7-14-9-11-5-3-4-6-12(11)15/h3-6,10,14H,7-9H2,1-2H3. The van der Waals surface area contributed by atoms with Crippen molar-refractivity contribution >= 4 is 11.6 Å². The zero-order valence-electron chi connectivity index (χ0n) is 10.3. The largest absolute Gasteiger partial charge is 0.372 e. The molecule has 17 heavy (non-hydrogen) atoms. The van der Waals surface area contributed by atoms with Crippen LogP contribution < -0.4 is 10.2 Å². The average molecular weight is 234 g/mol. The molecule has 0 spiro atoms. The molecule has 1 N–H and O–H groups in total. The van der Waals surface area contributed by atoms with Crippen LogP contribution in [-0.2, 0) is 16.1 Å². The lowest BCUT2D eigenvalue weighted by Crippen LogP contribution is -2.41. The Morgan fingerprint density at radius 1 is 1.47 bits per heavy atom. The van der Waals surface area contributed by atoms with E-state index in [0.29, 0.717) is 6.54 Å². The monoisotopic (exact) mass is 234 g/mol. The van der Waals surface area contributed by atoms with Crippen molar-refractivity contribution in [3.05, 3.63) is 29.8 Å². The number of fused-ring (bicyclic) bond motifs is 1. The molecule has 0 aromatic heterocycles. The molecular formula is C13H18N2O2.